The zero-order chi connectivity index (χ0) is 14.0. The van der Waals surface area contributed by atoms with Crippen LogP contribution in [0.5, 0.6) is 5.75 Å². The largest absolute Gasteiger partial charge is 0.507 e. The highest BCUT2D eigenvalue weighted by Crippen LogP contribution is 2.41. The van der Waals surface area contributed by atoms with E-state index in [1.54, 1.807) is 18.2 Å². The van der Waals surface area contributed by atoms with E-state index < -0.39 is 11.7 Å². The van der Waals surface area contributed by atoms with E-state index in [0.29, 0.717) is 4.90 Å². The third kappa shape index (κ3) is 3.23. The van der Waals surface area contributed by atoms with E-state index in [0.717, 1.165) is 23.4 Å². The van der Waals surface area contributed by atoms with Crippen LogP contribution in [-0.2, 0) is 6.18 Å². The van der Waals surface area contributed by atoms with Gasteiger partial charge in [-0.05, 0) is 36.8 Å². The van der Waals surface area contributed by atoms with Crippen molar-refractivity contribution < 1.29 is 18.3 Å². The van der Waals surface area contributed by atoms with Crippen LogP contribution >= 0.6 is 11.8 Å². The Labute approximate surface area is 113 Å². The normalized spacial score (nSPS) is 11.6. The summed E-state index contributed by atoms with van der Waals surface area (Å²) in [7, 11) is 0. The van der Waals surface area contributed by atoms with Crippen LogP contribution in [0.3, 0.4) is 0 Å². The molecule has 0 spiro atoms. The second kappa shape index (κ2) is 5.17. The SMILES string of the molecule is Cc1ccc(O)c(Sc2ccccc2C(F)(F)F)c1. The summed E-state index contributed by atoms with van der Waals surface area (Å²) in [5.41, 5.74) is 0.186. The molecule has 100 valence electrons. The van der Waals surface area contributed by atoms with Gasteiger partial charge in [0.05, 0.1) is 10.5 Å². The Morgan fingerprint density at radius 3 is 2.37 bits per heavy atom. The molecule has 5 heteroatoms. The van der Waals surface area contributed by atoms with Crippen molar-refractivity contribution in [3.05, 3.63) is 53.6 Å². The number of phenols is 1. The first-order valence-electron chi connectivity index (χ1n) is 5.51. The fourth-order valence-corrected chi connectivity index (χ4v) is 2.71. The Hall–Kier alpha value is -1.62. The maximum Gasteiger partial charge on any atom is 0.417 e. The molecule has 2 aromatic rings. The topological polar surface area (TPSA) is 20.2 Å². The molecule has 0 aliphatic rings. The monoisotopic (exact) mass is 284 g/mol. The third-order valence-corrected chi connectivity index (χ3v) is 3.65. The summed E-state index contributed by atoms with van der Waals surface area (Å²) >= 11 is 0.912. The first-order chi connectivity index (χ1) is 8.88. The van der Waals surface area contributed by atoms with E-state index in [2.05, 4.69) is 0 Å². The molecule has 0 aliphatic carbocycles. The highest BCUT2D eigenvalue weighted by molar-refractivity contribution is 7.99. The predicted octanol–water partition coefficient (Wildman–Crippen LogP) is 4.87. The fourth-order valence-electron chi connectivity index (χ4n) is 1.61. The highest BCUT2D eigenvalue weighted by atomic mass is 32.2. The lowest BCUT2D eigenvalue weighted by atomic mass is 10.2. The maximum absolute atomic E-state index is 12.9. The fraction of sp³-hybridized carbons (Fsp3) is 0.143. The molecule has 0 amide bonds. The van der Waals surface area contributed by atoms with Crippen molar-refractivity contribution >= 4 is 11.8 Å². The number of hydrogen-bond acceptors (Lipinski definition) is 2. The summed E-state index contributed by atoms with van der Waals surface area (Å²) in [5, 5.41) is 9.69. The second-order valence-corrected chi connectivity index (χ2v) is 5.15. The van der Waals surface area contributed by atoms with E-state index >= 15 is 0 Å². The standard InChI is InChI=1S/C14H11F3OS/c1-9-6-7-11(18)13(8-9)19-12-5-3-2-4-10(12)14(15,16)17/h2-8,18H,1H3. The molecule has 19 heavy (non-hydrogen) atoms. The lowest BCUT2D eigenvalue weighted by Gasteiger charge is -2.12. The average Bonchev–Trinajstić information content (AvgIpc) is 2.33. The van der Waals surface area contributed by atoms with Gasteiger partial charge >= 0.3 is 6.18 Å². The lowest BCUT2D eigenvalue weighted by molar-refractivity contribution is -0.139. The average molecular weight is 284 g/mol. The molecule has 0 heterocycles. The highest BCUT2D eigenvalue weighted by Gasteiger charge is 2.33. The number of aryl methyl sites for hydroxylation is 1. The summed E-state index contributed by atoms with van der Waals surface area (Å²) in [6, 6.07) is 10.2. The van der Waals surface area contributed by atoms with Crippen LogP contribution in [-0.4, -0.2) is 5.11 Å². The minimum Gasteiger partial charge on any atom is -0.507 e. The number of hydrogen-bond donors (Lipinski definition) is 1. The Balaban J connectivity index is 2.41. The zero-order valence-corrected chi connectivity index (χ0v) is 10.8. The first-order valence-corrected chi connectivity index (χ1v) is 6.33. The molecule has 2 aromatic carbocycles. The molecule has 0 fully saturated rings. The van der Waals surface area contributed by atoms with Crippen LogP contribution in [0.15, 0.2) is 52.3 Å². The quantitative estimate of drug-likeness (QED) is 0.849. The van der Waals surface area contributed by atoms with Crippen molar-refractivity contribution in [3.8, 4) is 5.75 Å². The molecule has 0 saturated heterocycles. The van der Waals surface area contributed by atoms with Crippen molar-refractivity contribution in [2.24, 2.45) is 0 Å². The smallest absolute Gasteiger partial charge is 0.417 e. The summed E-state index contributed by atoms with van der Waals surface area (Å²) in [6.45, 7) is 1.82. The molecule has 0 bridgehead atoms. The van der Waals surface area contributed by atoms with Gasteiger partial charge in [0, 0.05) is 4.90 Å². The molecule has 1 N–H and O–H groups in total. The van der Waals surface area contributed by atoms with Crippen LogP contribution in [0.25, 0.3) is 0 Å². The van der Waals surface area contributed by atoms with Gasteiger partial charge in [-0.15, -0.1) is 0 Å². The van der Waals surface area contributed by atoms with Crippen LogP contribution in [0.1, 0.15) is 11.1 Å². The molecule has 1 nitrogen and oxygen atoms in total. The molecular formula is C14H11F3OS. The number of alkyl halides is 3. The maximum atomic E-state index is 12.9. The molecule has 0 atom stereocenters. The first kappa shape index (κ1) is 13.8. The molecule has 0 aliphatic heterocycles. The number of phenolic OH excluding ortho intramolecular Hbond substituents is 1. The van der Waals surface area contributed by atoms with Gasteiger partial charge in [-0.2, -0.15) is 13.2 Å². The Kier molecular flexibility index (Phi) is 3.75. The van der Waals surface area contributed by atoms with Gasteiger partial charge in [0.15, 0.2) is 0 Å². The van der Waals surface area contributed by atoms with Gasteiger partial charge in [0.25, 0.3) is 0 Å². The zero-order valence-electron chi connectivity index (χ0n) is 10.0. The van der Waals surface area contributed by atoms with Crippen molar-refractivity contribution in [2.45, 2.75) is 22.9 Å². The Bertz CT molecular complexity index is 593. The molecule has 0 unspecified atom stereocenters. The number of rotatable bonds is 2. The van der Waals surface area contributed by atoms with Crippen molar-refractivity contribution in [1.29, 1.82) is 0 Å². The van der Waals surface area contributed by atoms with E-state index in [9.17, 15) is 18.3 Å². The van der Waals surface area contributed by atoms with Crippen molar-refractivity contribution in [3.63, 3.8) is 0 Å². The third-order valence-electron chi connectivity index (χ3n) is 2.53. The van der Waals surface area contributed by atoms with Crippen LogP contribution < -0.4 is 0 Å². The van der Waals surface area contributed by atoms with Gasteiger partial charge in [0.2, 0.25) is 0 Å². The predicted molar refractivity (Wildman–Crippen MR) is 68.4 cm³/mol. The van der Waals surface area contributed by atoms with Gasteiger partial charge in [-0.3, -0.25) is 0 Å². The van der Waals surface area contributed by atoms with Crippen LogP contribution in [0, 0.1) is 6.92 Å². The van der Waals surface area contributed by atoms with Crippen molar-refractivity contribution in [1.82, 2.24) is 0 Å². The molecule has 0 saturated carbocycles. The number of halogens is 3. The minimum absolute atomic E-state index is 0.0208. The van der Waals surface area contributed by atoms with E-state index in [1.165, 1.54) is 18.2 Å². The molecule has 0 aromatic heterocycles. The Morgan fingerprint density at radius 1 is 1.00 bits per heavy atom. The summed E-state index contributed by atoms with van der Waals surface area (Å²) in [5.74, 6) is -0.0208. The number of benzene rings is 2. The number of aromatic hydroxyl groups is 1. The Morgan fingerprint density at radius 2 is 1.68 bits per heavy atom. The minimum atomic E-state index is -4.40. The lowest BCUT2D eigenvalue weighted by Crippen LogP contribution is -2.06. The van der Waals surface area contributed by atoms with E-state index in [1.807, 2.05) is 6.92 Å². The summed E-state index contributed by atoms with van der Waals surface area (Å²) in [4.78, 5) is 0.493. The molecule has 0 radical (unpaired) electrons. The summed E-state index contributed by atoms with van der Waals surface area (Å²) in [6.07, 6.45) is -4.40. The van der Waals surface area contributed by atoms with Gasteiger partial charge in [-0.25, -0.2) is 0 Å². The van der Waals surface area contributed by atoms with Crippen LogP contribution in [0.4, 0.5) is 13.2 Å². The van der Waals surface area contributed by atoms with Crippen LogP contribution in [0.2, 0.25) is 0 Å². The molecule has 2 rings (SSSR count). The van der Waals surface area contributed by atoms with Crippen molar-refractivity contribution in [2.75, 3.05) is 0 Å². The van der Waals surface area contributed by atoms with Gasteiger partial charge in [-0.1, -0.05) is 30.0 Å². The summed E-state index contributed by atoms with van der Waals surface area (Å²) < 4.78 is 38.6. The van der Waals surface area contributed by atoms with E-state index in [4.69, 9.17) is 0 Å². The van der Waals surface area contributed by atoms with Gasteiger partial charge < -0.3 is 5.11 Å². The second-order valence-electron chi connectivity index (χ2n) is 4.07. The van der Waals surface area contributed by atoms with Gasteiger partial charge in [0.1, 0.15) is 5.75 Å². The molecular weight excluding hydrogens is 273 g/mol. The van der Waals surface area contributed by atoms with E-state index in [-0.39, 0.29) is 10.6 Å².